The maximum absolute atomic E-state index is 11.6. The van der Waals surface area contributed by atoms with Gasteiger partial charge in [-0.2, -0.15) is 43.2 Å². The van der Waals surface area contributed by atoms with Crippen LogP contribution >= 0.6 is 11.8 Å². The number of aliphatic carboxylic acids is 1. The van der Waals surface area contributed by atoms with Crippen molar-refractivity contribution in [2.45, 2.75) is 22.4 Å². The van der Waals surface area contributed by atoms with Gasteiger partial charge in [0.15, 0.2) is 0 Å². The molecule has 0 spiro atoms. The largest absolute Gasteiger partial charge is 0.522 e. The van der Waals surface area contributed by atoms with Gasteiger partial charge in [-0.1, -0.05) is 0 Å². The highest BCUT2D eigenvalue weighted by atomic mass is 32.2. The Morgan fingerprint density at radius 3 is 1.73 bits per heavy atom. The number of rotatable bonds is 3. The highest BCUT2D eigenvalue weighted by molar-refractivity contribution is 8.00. The molecule has 0 aromatic heterocycles. The van der Waals surface area contributed by atoms with Crippen LogP contribution in [0.5, 0.6) is 0 Å². The van der Waals surface area contributed by atoms with E-state index in [2.05, 4.69) is 12.5 Å². The molecule has 2 rings (SSSR count). The Morgan fingerprint density at radius 2 is 1.45 bits per heavy atom. The van der Waals surface area contributed by atoms with E-state index >= 15 is 0 Å². The van der Waals surface area contributed by atoms with Gasteiger partial charge in [0.05, 0.1) is 12.5 Å². The van der Waals surface area contributed by atoms with Crippen molar-refractivity contribution in [1.29, 1.82) is 0 Å². The van der Waals surface area contributed by atoms with E-state index in [1.54, 1.807) is 11.8 Å². The van der Waals surface area contributed by atoms with E-state index in [0.717, 1.165) is 11.3 Å². The minimum absolute atomic E-state index is 0.124. The van der Waals surface area contributed by atoms with Crippen LogP contribution in [0.1, 0.15) is 0 Å². The number of β-lactam (4-membered cyclic amide) rings is 1. The summed E-state index contributed by atoms with van der Waals surface area (Å²) in [7, 11) is -11.6. The van der Waals surface area contributed by atoms with Crippen LogP contribution in [-0.4, -0.2) is 94.3 Å². The van der Waals surface area contributed by atoms with E-state index in [1.165, 1.54) is 4.90 Å². The topological polar surface area (TPSA) is 192 Å². The molecule has 2 atom stereocenters. The molecule has 0 saturated carbocycles. The Labute approximate surface area is 190 Å². The minimum atomic E-state index is -5.84. The van der Waals surface area contributed by atoms with Gasteiger partial charge in [-0.3, -0.25) is 18.8 Å². The Kier molecular flexibility index (Phi) is 10.6. The van der Waals surface area contributed by atoms with Crippen LogP contribution in [0.25, 0.3) is 0 Å². The fraction of sp³-hybridized carbons (Fsp3) is 0.667. The summed E-state index contributed by atoms with van der Waals surface area (Å²) >= 11 is 1.56. The summed E-state index contributed by atoms with van der Waals surface area (Å²) in [6.07, 6.45) is 4.12. The standard InChI is InChI=1S/C10H14N2O3S2.2CHF3O3S/c1-17(2)4-5-3-16-9-6(11)8(13)12(9)7(5)10(14)15;2*2-1(3,4)8(5,6)7/h6,9H,3-4,11H2,1-2H3;2*(H,5,6,7)/p+1/t6?,9-;;/m1../s1. The fourth-order valence-corrected chi connectivity index (χ4v) is 4.40. The summed E-state index contributed by atoms with van der Waals surface area (Å²) in [4.78, 5) is 24.3. The van der Waals surface area contributed by atoms with Crippen molar-refractivity contribution < 1.29 is 67.0 Å². The number of hydrogen-bond donors (Lipinski definition) is 4. The number of hydrogen-bond acceptors (Lipinski definition) is 8. The molecule has 0 bridgehead atoms. The van der Waals surface area contributed by atoms with E-state index in [-0.39, 0.29) is 27.9 Å². The second-order valence-corrected chi connectivity index (χ2v) is 12.4. The smallest absolute Gasteiger partial charge is 0.477 e. The molecule has 33 heavy (non-hydrogen) atoms. The van der Waals surface area contributed by atoms with Gasteiger partial charge >= 0.3 is 37.2 Å². The molecule has 2 heterocycles. The molecule has 5 N–H and O–H groups in total. The molecule has 11 nitrogen and oxygen atoms in total. The predicted octanol–water partition coefficient (Wildman–Crippen LogP) is 0.233. The van der Waals surface area contributed by atoms with E-state index in [4.69, 9.17) is 31.7 Å². The van der Waals surface area contributed by atoms with Crippen molar-refractivity contribution in [2.24, 2.45) is 5.73 Å². The molecular weight excluding hydrogens is 558 g/mol. The summed E-state index contributed by atoms with van der Waals surface area (Å²) in [5, 5.41) is 9.06. The lowest BCUT2D eigenvalue weighted by molar-refractivity contribution is -0.147. The molecular formula is C12H17F6N2O9S4+. The first-order valence-electron chi connectivity index (χ1n) is 7.70. The number of halogens is 6. The van der Waals surface area contributed by atoms with Gasteiger partial charge in [0.1, 0.15) is 22.9 Å². The van der Waals surface area contributed by atoms with Gasteiger partial charge in [-0.05, 0) is 10.9 Å². The summed E-state index contributed by atoms with van der Waals surface area (Å²) in [6.45, 7) is 0. The van der Waals surface area contributed by atoms with Gasteiger partial charge < -0.3 is 10.8 Å². The highest BCUT2D eigenvalue weighted by Gasteiger charge is 2.52. The number of carbonyl (C=O) groups excluding carboxylic acids is 1. The SMILES string of the molecule is C[S+](C)CC1=C(C(=O)O)N2C(=O)C(N)[C@H]2SC1.O=S(=O)(O)C(F)(F)F.O=S(=O)(O)C(F)(F)F. The van der Waals surface area contributed by atoms with Crippen LogP contribution in [0, 0.1) is 0 Å². The Balaban J connectivity index is 0.000000539. The van der Waals surface area contributed by atoms with Gasteiger partial charge in [0.2, 0.25) is 5.91 Å². The number of nitrogens with two attached hydrogens (primary N) is 1. The number of nitrogens with zero attached hydrogens (tertiary/aromatic N) is 1. The lowest BCUT2D eigenvalue weighted by atomic mass is 10.0. The first-order valence-corrected chi connectivity index (χ1v) is 13.8. The average Bonchev–Trinajstić information content (AvgIpc) is 2.57. The van der Waals surface area contributed by atoms with Crippen LogP contribution < -0.4 is 5.73 Å². The molecule has 2 aliphatic heterocycles. The lowest BCUT2D eigenvalue weighted by Gasteiger charge is -2.47. The Hall–Kier alpha value is -1.26. The van der Waals surface area contributed by atoms with Crippen LogP contribution in [0.2, 0.25) is 0 Å². The molecule has 1 saturated heterocycles. The fourth-order valence-electron chi connectivity index (χ4n) is 2.04. The van der Waals surface area contributed by atoms with Crippen molar-refractivity contribution >= 4 is 54.8 Å². The highest BCUT2D eigenvalue weighted by Crippen LogP contribution is 2.39. The van der Waals surface area contributed by atoms with Gasteiger partial charge in [0.25, 0.3) is 0 Å². The van der Waals surface area contributed by atoms with Gasteiger partial charge in [-0.15, -0.1) is 11.8 Å². The van der Waals surface area contributed by atoms with Crippen molar-refractivity contribution in [3.05, 3.63) is 11.3 Å². The number of amides is 1. The summed E-state index contributed by atoms with van der Waals surface area (Å²) in [5.41, 5.74) is -4.39. The Morgan fingerprint density at radius 1 is 1.09 bits per heavy atom. The third-order valence-electron chi connectivity index (χ3n) is 3.34. The normalized spacial score (nSPS) is 21.3. The van der Waals surface area contributed by atoms with Gasteiger partial charge in [0, 0.05) is 11.3 Å². The van der Waals surface area contributed by atoms with E-state index in [0.29, 0.717) is 5.75 Å². The third kappa shape index (κ3) is 8.79. The van der Waals surface area contributed by atoms with Crippen LogP contribution in [-0.2, 0) is 40.7 Å². The molecule has 2 aliphatic rings. The van der Waals surface area contributed by atoms with E-state index in [1.807, 2.05) is 0 Å². The number of fused-ring (bicyclic) bond motifs is 1. The molecule has 0 radical (unpaired) electrons. The molecule has 194 valence electrons. The summed E-state index contributed by atoms with van der Waals surface area (Å²) < 4.78 is 115. The van der Waals surface area contributed by atoms with Gasteiger partial charge in [-0.25, -0.2) is 4.79 Å². The molecule has 1 unspecified atom stereocenters. The molecule has 1 amide bonds. The van der Waals surface area contributed by atoms with E-state index in [9.17, 15) is 41.0 Å². The number of thioether (sulfide) groups is 1. The first kappa shape index (κ1) is 31.7. The number of carboxylic acid groups (broad SMARTS) is 1. The Bertz CT molecular complexity index is 950. The summed E-state index contributed by atoms with van der Waals surface area (Å²) in [5.74, 6) is 0.107. The van der Waals surface area contributed by atoms with Crippen molar-refractivity contribution in [3.8, 4) is 0 Å². The zero-order valence-electron chi connectivity index (χ0n) is 16.3. The lowest BCUT2D eigenvalue weighted by Crippen LogP contribution is -2.68. The quantitative estimate of drug-likeness (QED) is 0.118. The molecule has 0 aromatic carbocycles. The van der Waals surface area contributed by atoms with Crippen molar-refractivity contribution in [3.63, 3.8) is 0 Å². The van der Waals surface area contributed by atoms with Crippen molar-refractivity contribution in [1.82, 2.24) is 4.90 Å². The maximum atomic E-state index is 11.6. The average molecular weight is 576 g/mol. The first-order chi connectivity index (χ1) is 14.4. The summed E-state index contributed by atoms with van der Waals surface area (Å²) in [6, 6.07) is -0.544. The number of carboxylic acids is 1. The monoisotopic (exact) mass is 575 g/mol. The maximum Gasteiger partial charge on any atom is 0.522 e. The second-order valence-electron chi connectivity index (χ2n) is 6.16. The molecule has 21 heteroatoms. The van der Waals surface area contributed by atoms with Crippen LogP contribution in [0.4, 0.5) is 26.3 Å². The van der Waals surface area contributed by atoms with E-state index < -0.39 is 43.3 Å². The number of alkyl halides is 6. The predicted molar refractivity (Wildman–Crippen MR) is 105 cm³/mol. The number of carbonyl (C=O) groups is 2. The minimum Gasteiger partial charge on any atom is -0.477 e. The van der Waals surface area contributed by atoms with Crippen LogP contribution in [0.15, 0.2) is 11.3 Å². The molecule has 0 aromatic rings. The molecule has 0 aliphatic carbocycles. The van der Waals surface area contributed by atoms with Crippen molar-refractivity contribution in [2.75, 3.05) is 24.0 Å². The zero-order chi connectivity index (χ0) is 26.7. The zero-order valence-corrected chi connectivity index (χ0v) is 19.6. The second kappa shape index (κ2) is 11.0. The van der Waals surface area contributed by atoms with Crippen LogP contribution in [0.3, 0.4) is 0 Å². The third-order valence-corrected chi connectivity index (χ3v) is 6.80. The molecule has 1 fully saturated rings.